The fourth-order valence-corrected chi connectivity index (χ4v) is 6.01. The van der Waals surface area contributed by atoms with Crippen LogP contribution in [0.25, 0.3) is 0 Å². The van der Waals surface area contributed by atoms with Gasteiger partial charge in [-0.25, -0.2) is 13.4 Å². The summed E-state index contributed by atoms with van der Waals surface area (Å²) >= 11 is 7.55. The molecule has 0 amide bonds. The summed E-state index contributed by atoms with van der Waals surface area (Å²) in [5, 5.41) is 13.8. The number of thiophene rings is 1. The number of rotatable bonds is 8. The number of aromatic nitrogens is 1. The number of nitrogens with zero attached hydrogens (tertiary/aromatic N) is 3. The van der Waals surface area contributed by atoms with Crippen molar-refractivity contribution in [3.8, 4) is 0 Å². The molecule has 0 radical (unpaired) electrons. The molecule has 0 saturated carbocycles. The molecule has 0 fully saturated rings. The Morgan fingerprint density at radius 3 is 2.53 bits per heavy atom. The molecule has 3 aromatic rings. The van der Waals surface area contributed by atoms with Crippen LogP contribution in [0.3, 0.4) is 0 Å². The average molecular weight is 470 g/mol. The predicted octanol–water partition coefficient (Wildman–Crippen LogP) is 5.06. The Kier molecular flexibility index (Phi) is 6.69. The summed E-state index contributed by atoms with van der Waals surface area (Å²) in [6.45, 7) is 1.75. The maximum absolute atomic E-state index is 14.3. The van der Waals surface area contributed by atoms with E-state index < -0.39 is 32.6 Å². The van der Waals surface area contributed by atoms with Crippen molar-refractivity contribution in [1.29, 1.82) is 0 Å². The number of benzene rings is 1. The molecule has 0 aliphatic carbocycles. The second-order valence-electron chi connectivity index (χ2n) is 6.30. The van der Waals surface area contributed by atoms with Crippen LogP contribution >= 0.6 is 22.9 Å². The Hall–Kier alpha value is -2.56. The van der Waals surface area contributed by atoms with E-state index in [-0.39, 0.29) is 17.0 Å². The van der Waals surface area contributed by atoms with Gasteiger partial charge in [0.1, 0.15) is 5.69 Å². The summed E-state index contributed by atoms with van der Waals surface area (Å²) in [6.07, 6.45) is 1.53. The lowest BCUT2D eigenvalue weighted by atomic mass is 10.1. The van der Waals surface area contributed by atoms with E-state index in [0.29, 0.717) is 11.4 Å². The van der Waals surface area contributed by atoms with Gasteiger partial charge in [0.2, 0.25) is 0 Å². The molecule has 0 saturated heterocycles. The first kappa shape index (κ1) is 22.1. The van der Waals surface area contributed by atoms with E-state index in [1.54, 1.807) is 36.6 Å². The van der Waals surface area contributed by atoms with E-state index in [1.807, 2.05) is 0 Å². The third-order valence-corrected chi connectivity index (χ3v) is 7.78. The lowest BCUT2D eigenvalue weighted by molar-refractivity contribution is -0.387. The van der Waals surface area contributed by atoms with Crippen LogP contribution in [0.2, 0.25) is 5.02 Å². The van der Waals surface area contributed by atoms with Crippen molar-refractivity contribution in [2.75, 3.05) is 4.31 Å². The lowest BCUT2D eigenvalue weighted by Crippen LogP contribution is -2.42. The van der Waals surface area contributed by atoms with E-state index in [9.17, 15) is 22.9 Å². The van der Waals surface area contributed by atoms with Gasteiger partial charge in [0, 0.05) is 17.5 Å². The smallest absolute Gasteiger partial charge is 0.258 e. The van der Waals surface area contributed by atoms with E-state index in [4.69, 9.17) is 11.6 Å². The number of anilines is 1. The van der Waals surface area contributed by atoms with E-state index in [1.165, 1.54) is 23.5 Å². The molecule has 30 heavy (non-hydrogen) atoms. The molecule has 0 spiro atoms. The molecule has 1 atom stereocenters. The zero-order valence-corrected chi connectivity index (χ0v) is 18.1. The van der Waals surface area contributed by atoms with Crippen LogP contribution in [0, 0.1) is 16.1 Å². The molecule has 11 heteroatoms. The van der Waals surface area contributed by atoms with Crippen molar-refractivity contribution in [3.05, 3.63) is 80.0 Å². The minimum atomic E-state index is -4.26. The minimum absolute atomic E-state index is 0.0627. The van der Waals surface area contributed by atoms with Crippen molar-refractivity contribution < 1.29 is 17.7 Å². The van der Waals surface area contributed by atoms with Gasteiger partial charge in [-0.2, -0.15) is 4.39 Å². The summed E-state index contributed by atoms with van der Waals surface area (Å²) in [6, 6.07) is 9.60. The first-order chi connectivity index (χ1) is 14.3. The lowest BCUT2D eigenvalue weighted by Gasteiger charge is -2.31. The Morgan fingerprint density at radius 2 is 1.97 bits per heavy atom. The van der Waals surface area contributed by atoms with Crippen molar-refractivity contribution in [2.24, 2.45) is 0 Å². The second kappa shape index (κ2) is 9.07. The third kappa shape index (κ3) is 4.30. The van der Waals surface area contributed by atoms with Crippen molar-refractivity contribution in [2.45, 2.75) is 30.7 Å². The van der Waals surface area contributed by atoms with Gasteiger partial charge in [0.15, 0.2) is 0 Å². The molecule has 0 aliphatic rings. The Labute approximate surface area is 182 Å². The van der Waals surface area contributed by atoms with E-state index in [2.05, 4.69) is 4.98 Å². The summed E-state index contributed by atoms with van der Waals surface area (Å²) in [5.41, 5.74) is -1.37. The number of halogens is 2. The van der Waals surface area contributed by atoms with Crippen LogP contribution in [0.5, 0.6) is 0 Å². The monoisotopic (exact) mass is 469 g/mol. The number of hydrogen-bond donors (Lipinski definition) is 0. The standard InChI is InChI=1S/C19H17ClFN3O4S2/c1-2-13(12-17-15(20)9-11-29-17)23(30(27,28)14-6-4-3-5-7-14)16-8-10-22-19(21)18(16)24(25)26/h3-11,13H,2,12H2,1H3/t13-/m1/s1. The first-order valence-corrected chi connectivity index (χ1v) is 11.6. The summed E-state index contributed by atoms with van der Waals surface area (Å²) < 4.78 is 42.3. The molecule has 2 aromatic heterocycles. The van der Waals surface area contributed by atoms with Gasteiger partial charge in [-0.1, -0.05) is 36.7 Å². The number of hydrogen-bond acceptors (Lipinski definition) is 6. The quantitative estimate of drug-likeness (QED) is 0.261. The van der Waals surface area contributed by atoms with Crippen LogP contribution in [-0.4, -0.2) is 24.4 Å². The molecular weight excluding hydrogens is 453 g/mol. The third-order valence-electron chi connectivity index (χ3n) is 4.49. The molecular formula is C19H17ClFN3O4S2. The molecule has 1 aromatic carbocycles. The molecule has 0 N–H and O–H groups in total. The highest BCUT2D eigenvalue weighted by atomic mass is 35.5. The SMILES string of the molecule is CC[C@H](Cc1sccc1Cl)N(c1ccnc(F)c1[N+](=O)[O-])S(=O)(=O)c1ccccc1. The van der Waals surface area contributed by atoms with Gasteiger partial charge in [0.25, 0.3) is 16.0 Å². The molecule has 7 nitrogen and oxygen atoms in total. The molecule has 158 valence electrons. The topological polar surface area (TPSA) is 93.4 Å². The second-order valence-corrected chi connectivity index (χ2v) is 9.52. The summed E-state index contributed by atoms with van der Waals surface area (Å²) in [4.78, 5) is 14.6. The largest absolute Gasteiger partial charge is 0.348 e. The van der Waals surface area contributed by atoms with Gasteiger partial charge < -0.3 is 0 Å². The highest BCUT2D eigenvalue weighted by Crippen LogP contribution is 2.37. The van der Waals surface area contributed by atoms with Crippen molar-refractivity contribution in [1.82, 2.24) is 4.98 Å². The molecule has 2 heterocycles. The van der Waals surface area contributed by atoms with Crippen LogP contribution < -0.4 is 4.31 Å². The van der Waals surface area contributed by atoms with E-state index >= 15 is 0 Å². The zero-order valence-electron chi connectivity index (χ0n) is 15.7. The van der Waals surface area contributed by atoms with E-state index in [0.717, 1.165) is 21.4 Å². The van der Waals surface area contributed by atoms with Crippen LogP contribution in [0.15, 0.2) is 58.9 Å². The fraction of sp³-hybridized carbons (Fsp3) is 0.211. The molecule has 0 bridgehead atoms. The highest BCUT2D eigenvalue weighted by Gasteiger charge is 2.37. The fourth-order valence-electron chi connectivity index (χ4n) is 3.07. The zero-order chi connectivity index (χ0) is 21.9. The van der Waals surface area contributed by atoms with Crippen LogP contribution in [0.1, 0.15) is 18.2 Å². The first-order valence-electron chi connectivity index (χ1n) is 8.87. The minimum Gasteiger partial charge on any atom is -0.258 e. The molecule has 0 unspecified atom stereocenters. The number of pyridine rings is 1. The van der Waals surface area contributed by atoms with Crippen LogP contribution in [-0.2, 0) is 16.4 Å². The van der Waals surface area contributed by atoms with Gasteiger partial charge in [-0.05, 0) is 36.1 Å². The van der Waals surface area contributed by atoms with Gasteiger partial charge in [-0.15, -0.1) is 11.3 Å². The van der Waals surface area contributed by atoms with Crippen molar-refractivity contribution in [3.63, 3.8) is 0 Å². The Bertz CT molecular complexity index is 1160. The summed E-state index contributed by atoms with van der Waals surface area (Å²) in [7, 11) is -4.26. The predicted molar refractivity (Wildman–Crippen MR) is 114 cm³/mol. The normalized spacial score (nSPS) is 12.5. The number of sulfonamides is 1. The van der Waals surface area contributed by atoms with Gasteiger partial charge in [0.05, 0.1) is 20.9 Å². The summed E-state index contributed by atoms with van der Waals surface area (Å²) in [5.74, 6) is -1.35. The number of nitro groups is 1. The van der Waals surface area contributed by atoms with Gasteiger partial charge >= 0.3 is 5.69 Å². The highest BCUT2D eigenvalue weighted by molar-refractivity contribution is 7.92. The maximum Gasteiger partial charge on any atom is 0.348 e. The van der Waals surface area contributed by atoms with Gasteiger partial charge in [-0.3, -0.25) is 14.4 Å². The van der Waals surface area contributed by atoms with Crippen molar-refractivity contribution >= 4 is 44.3 Å². The maximum atomic E-state index is 14.3. The Morgan fingerprint density at radius 1 is 1.27 bits per heavy atom. The molecule has 0 aliphatic heterocycles. The molecule has 3 rings (SSSR count). The average Bonchev–Trinajstić information content (AvgIpc) is 3.12. The van der Waals surface area contributed by atoms with Crippen LogP contribution in [0.4, 0.5) is 15.8 Å². The Balaban J connectivity index is 2.23.